The number of rotatable bonds is 6. The lowest BCUT2D eigenvalue weighted by atomic mass is 9.70. The van der Waals surface area contributed by atoms with E-state index in [0.29, 0.717) is 6.07 Å². The standard InChI is InChI=1S/C24H26ClF2NO6S/c1-12(29)22(30)24(32)14-3-4-15(24)10-17(9-14)35(33,34)21-8-13(2-6-18(21)25)23(31)28-16-5-7-19(26)20(27)11-16/h2,5-8,11-12,14-15,17,22,29-30,32H,3-4,9-10H2,1H3,(H,28,31)/t12-,14-,15?,17?,22+,24?/m0/s1/i1D3,9D2,10D2. The highest BCUT2D eigenvalue weighted by Crippen LogP contribution is 2.54. The molecular weight excluding hydrogens is 504 g/mol. The molecular formula is C24H26ClF2NO6S. The molecule has 2 saturated carbocycles. The summed E-state index contributed by atoms with van der Waals surface area (Å²) in [6.45, 7) is -3.23. The molecule has 0 spiro atoms. The first-order chi connectivity index (χ1) is 19.1. The van der Waals surface area contributed by atoms with Gasteiger partial charge in [-0.25, -0.2) is 17.2 Å². The number of halogens is 3. The molecule has 2 aromatic carbocycles. The summed E-state index contributed by atoms with van der Waals surface area (Å²) in [6, 6.07) is 5.32. The molecule has 2 fully saturated rings. The highest BCUT2D eigenvalue weighted by atomic mass is 35.5. The van der Waals surface area contributed by atoms with Gasteiger partial charge in [-0.3, -0.25) is 4.79 Å². The van der Waals surface area contributed by atoms with Crippen LogP contribution in [0.2, 0.25) is 5.02 Å². The molecule has 0 heterocycles. The summed E-state index contributed by atoms with van der Waals surface area (Å²) in [5, 5.41) is 31.6. The maximum absolute atomic E-state index is 14.0. The summed E-state index contributed by atoms with van der Waals surface area (Å²) in [7, 11) is -5.14. The third-order valence-corrected chi connectivity index (χ3v) is 8.61. The molecule has 0 saturated heterocycles. The summed E-state index contributed by atoms with van der Waals surface area (Å²) in [5.41, 5.74) is -3.40. The number of carbonyl (C=O) groups is 1. The van der Waals surface area contributed by atoms with Gasteiger partial charge in [0.1, 0.15) is 6.10 Å². The molecule has 35 heavy (non-hydrogen) atoms. The van der Waals surface area contributed by atoms with E-state index in [1.54, 1.807) is 0 Å². The first-order valence-electron chi connectivity index (χ1n) is 14.0. The average Bonchev–Trinajstić information content (AvgIpc) is 3.20. The third kappa shape index (κ3) is 4.58. The fraction of sp³-hybridized carbons (Fsp3) is 0.458. The van der Waals surface area contributed by atoms with Gasteiger partial charge in [0.2, 0.25) is 0 Å². The molecule has 11 heteroatoms. The summed E-state index contributed by atoms with van der Waals surface area (Å²) in [5.74, 6) is -7.08. The van der Waals surface area contributed by atoms with E-state index >= 15 is 0 Å². The number of nitrogens with one attached hydrogen (secondary N) is 1. The van der Waals surface area contributed by atoms with Crippen molar-refractivity contribution in [3.8, 4) is 0 Å². The predicted octanol–water partition coefficient (Wildman–Crippen LogP) is 3.31. The fourth-order valence-corrected chi connectivity index (χ4v) is 6.51. The molecule has 190 valence electrons. The number of carbonyl (C=O) groups excluding carboxylic acids is 1. The Hall–Kier alpha value is -2.11. The van der Waals surface area contributed by atoms with Gasteiger partial charge in [-0.1, -0.05) is 11.6 Å². The fourth-order valence-electron chi connectivity index (χ4n) is 4.50. The third-order valence-electron chi connectivity index (χ3n) is 6.33. The number of hydrogen-bond acceptors (Lipinski definition) is 6. The van der Waals surface area contributed by atoms with Crippen molar-refractivity contribution < 1.29 is 46.9 Å². The van der Waals surface area contributed by atoms with Crippen molar-refractivity contribution >= 4 is 33.0 Å². The minimum absolute atomic E-state index is 0.174. The highest BCUT2D eigenvalue weighted by molar-refractivity contribution is 7.92. The van der Waals surface area contributed by atoms with E-state index < -0.39 is 91.8 Å². The summed E-state index contributed by atoms with van der Waals surface area (Å²) < 4.78 is 112. The number of anilines is 1. The van der Waals surface area contributed by atoms with Crippen LogP contribution >= 0.6 is 11.6 Å². The molecule has 2 aliphatic rings. The van der Waals surface area contributed by atoms with E-state index in [0.717, 1.165) is 30.3 Å². The van der Waals surface area contributed by atoms with Crippen molar-refractivity contribution in [2.75, 3.05) is 5.32 Å². The highest BCUT2D eigenvalue weighted by Gasteiger charge is 2.59. The molecule has 6 atom stereocenters. The predicted molar refractivity (Wildman–Crippen MR) is 125 cm³/mol. The zero-order valence-corrected chi connectivity index (χ0v) is 19.4. The summed E-state index contributed by atoms with van der Waals surface area (Å²) in [4.78, 5) is 12.0. The molecule has 7 nitrogen and oxygen atoms in total. The number of aliphatic hydroxyl groups is 3. The monoisotopic (exact) mass is 536 g/mol. The van der Waals surface area contributed by atoms with E-state index in [9.17, 15) is 37.3 Å². The van der Waals surface area contributed by atoms with Gasteiger partial charge in [0.15, 0.2) is 21.5 Å². The molecule has 4 N–H and O–H groups in total. The average molecular weight is 537 g/mol. The van der Waals surface area contributed by atoms with Crippen LogP contribution in [0.1, 0.15) is 52.4 Å². The van der Waals surface area contributed by atoms with Gasteiger partial charge >= 0.3 is 0 Å². The Bertz CT molecular complexity index is 1500. The molecule has 2 aromatic rings. The normalized spacial score (nSPS) is 34.1. The van der Waals surface area contributed by atoms with E-state index in [1.165, 1.54) is 0 Å². The molecule has 4 rings (SSSR count). The van der Waals surface area contributed by atoms with Crippen molar-refractivity contribution in [3.05, 3.63) is 58.6 Å². The van der Waals surface area contributed by atoms with Crippen LogP contribution in [0.5, 0.6) is 0 Å². The molecule has 1 amide bonds. The minimum atomic E-state index is -5.14. The Kier molecular flexibility index (Phi) is 4.88. The Balaban J connectivity index is 1.76. The van der Waals surface area contributed by atoms with Gasteiger partial charge in [-0.15, -0.1) is 0 Å². The van der Waals surface area contributed by atoms with Crippen molar-refractivity contribution in [1.82, 2.24) is 0 Å². The quantitative estimate of drug-likeness (QED) is 0.449. The lowest BCUT2D eigenvalue weighted by molar-refractivity contribution is -0.172. The second kappa shape index (κ2) is 9.40. The van der Waals surface area contributed by atoms with E-state index in [1.807, 2.05) is 0 Å². The SMILES string of the molecule is [2H]C1([2H])C2CC[C@@H](C([2H])([2H])C1S(=O)(=O)c1cc(C(=O)Nc3ccc(F)c(F)c3)ccc1Cl)C2(O)[C@H](O)[C@@H](O)C([2H])([2H])[2H]. The largest absolute Gasteiger partial charge is 0.391 e. The Labute approximate surface area is 216 Å². The van der Waals surface area contributed by atoms with Crippen molar-refractivity contribution in [3.63, 3.8) is 0 Å². The van der Waals surface area contributed by atoms with E-state index in [2.05, 4.69) is 5.32 Å². The maximum atomic E-state index is 14.0. The van der Waals surface area contributed by atoms with Gasteiger partial charge in [-0.2, -0.15) is 0 Å². The number of sulfone groups is 1. The Morgan fingerprint density at radius 2 is 1.83 bits per heavy atom. The van der Waals surface area contributed by atoms with Gasteiger partial charge in [0.05, 0.1) is 26.9 Å². The minimum Gasteiger partial charge on any atom is -0.391 e. The Morgan fingerprint density at radius 3 is 2.43 bits per heavy atom. The molecule has 0 aromatic heterocycles. The lowest BCUT2D eigenvalue weighted by Gasteiger charge is -2.46. The van der Waals surface area contributed by atoms with E-state index in [-0.39, 0.29) is 24.1 Å². The van der Waals surface area contributed by atoms with E-state index in [4.69, 9.17) is 21.2 Å². The number of hydrogen-bond donors (Lipinski definition) is 4. The zero-order chi connectivity index (χ0) is 31.8. The number of amides is 1. The van der Waals surface area contributed by atoms with Crippen LogP contribution in [0, 0.1) is 23.5 Å². The number of benzene rings is 2. The van der Waals surface area contributed by atoms with Crippen LogP contribution in [0.4, 0.5) is 14.5 Å². The molecule has 2 aliphatic carbocycles. The van der Waals surface area contributed by atoms with Crippen molar-refractivity contribution in [1.29, 1.82) is 0 Å². The van der Waals surface area contributed by atoms with Crippen LogP contribution in [0.25, 0.3) is 0 Å². The first kappa shape index (κ1) is 18.2. The zero-order valence-electron chi connectivity index (χ0n) is 24.9. The van der Waals surface area contributed by atoms with Crippen molar-refractivity contribution in [2.45, 2.75) is 60.4 Å². The van der Waals surface area contributed by atoms with Crippen LogP contribution in [0.3, 0.4) is 0 Å². The second-order valence-electron chi connectivity index (χ2n) is 8.45. The van der Waals surface area contributed by atoms with Crippen molar-refractivity contribution in [2.24, 2.45) is 11.8 Å². The van der Waals surface area contributed by atoms with Crippen LogP contribution < -0.4 is 5.32 Å². The topological polar surface area (TPSA) is 124 Å². The summed E-state index contributed by atoms with van der Waals surface area (Å²) in [6.07, 6.45) is -12.2. The smallest absolute Gasteiger partial charge is 0.255 e. The lowest BCUT2D eigenvalue weighted by Crippen LogP contribution is -2.58. The van der Waals surface area contributed by atoms with Crippen LogP contribution in [-0.4, -0.2) is 52.7 Å². The summed E-state index contributed by atoms with van der Waals surface area (Å²) >= 11 is 6.14. The van der Waals surface area contributed by atoms with Crippen LogP contribution in [0.15, 0.2) is 41.3 Å². The maximum Gasteiger partial charge on any atom is 0.255 e. The Morgan fingerprint density at radius 1 is 1.17 bits per heavy atom. The number of fused-ring (bicyclic) bond motifs is 2. The van der Waals surface area contributed by atoms with Gasteiger partial charge in [-0.05, 0) is 74.6 Å². The molecule has 0 aliphatic heterocycles. The number of aliphatic hydroxyl groups excluding tert-OH is 2. The molecule has 0 radical (unpaired) electrons. The van der Waals surface area contributed by atoms with Gasteiger partial charge in [0, 0.05) is 26.9 Å². The van der Waals surface area contributed by atoms with Gasteiger partial charge in [0.25, 0.3) is 5.91 Å². The molecule has 2 bridgehead atoms. The second-order valence-corrected chi connectivity index (χ2v) is 10.9. The molecule has 3 unspecified atom stereocenters. The first-order valence-corrected chi connectivity index (χ1v) is 12.4. The van der Waals surface area contributed by atoms with Crippen LogP contribution in [-0.2, 0) is 9.84 Å². The van der Waals surface area contributed by atoms with Gasteiger partial charge < -0.3 is 20.6 Å².